The summed E-state index contributed by atoms with van der Waals surface area (Å²) < 4.78 is 37.8. The van der Waals surface area contributed by atoms with Crippen molar-refractivity contribution in [3.63, 3.8) is 0 Å². The lowest BCUT2D eigenvalue weighted by atomic mass is 10.3. The van der Waals surface area contributed by atoms with Gasteiger partial charge in [-0.3, -0.25) is 4.72 Å². The van der Waals surface area contributed by atoms with Gasteiger partial charge in [-0.05, 0) is 30.3 Å². The van der Waals surface area contributed by atoms with Crippen LogP contribution < -0.4 is 14.2 Å². The van der Waals surface area contributed by atoms with E-state index in [1.807, 2.05) is 0 Å². The third-order valence-corrected chi connectivity index (χ3v) is 4.71. The van der Waals surface area contributed by atoms with E-state index >= 15 is 0 Å². The van der Waals surface area contributed by atoms with Gasteiger partial charge in [0, 0.05) is 6.07 Å². The van der Waals surface area contributed by atoms with E-state index in [0.717, 1.165) is 11.0 Å². The predicted octanol–water partition coefficient (Wildman–Crippen LogP) is 2.09. The van der Waals surface area contributed by atoms with E-state index in [2.05, 4.69) is 14.7 Å². The van der Waals surface area contributed by atoms with Crippen molar-refractivity contribution >= 4 is 26.7 Å². The minimum Gasteiger partial charge on any atom is -0.454 e. The highest BCUT2D eigenvalue weighted by Gasteiger charge is 2.20. The first-order valence-corrected chi connectivity index (χ1v) is 7.96. The number of anilines is 1. The van der Waals surface area contributed by atoms with Gasteiger partial charge >= 0.3 is 0 Å². The summed E-state index contributed by atoms with van der Waals surface area (Å²) in [5.74, 6) is 0.963. The van der Waals surface area contributed by atoms with Gasteiger partial charge in [0.2, 0.25) is 6.79 Å². The molecule has 0 unspecified atom stereocenters. The molecular weight excluding hydrogens is 306 g/mol. The molecule has 3 aromatic rings. The van der Waals surface area contributed by atoms with E-state index in [4.69, 9.17) is 9.47 Å². The van der Waals surface area contributed by atoms with Gasteiger partial charge in [0.05, 0.1) is 27.9 Å². The van der Waals surface area contributed by atoms with E-state index < -0.39 is 10.0 Å². The van der Waals surface area contributed by atoms with E-state index in [9.17, 15) is 8.42 Å². The first-order valence-electron chi connectivity index (χ1n) is 6.47. The molecule has 7 nitrogen and oxygen atoms in total. The molecule has 0 bridgehead atoms. The number of aromatic nitrogens is 2. The molecule has 0 aliphatic carbocycles. The fourth-order valence-corrected chi connectivity index (χ4v) is 3.32. The van der Waals surface area contributed by atoms with Crippen LogP contribution in [0.4, 0.5) is 5.69 Å². The molecule has 1 aliphatic heterocycles. The van der Waals surface area contributed by atoms with Crippen molar-refractivity contribution in [3.05, 3.63) is 42.7 Å². The summed E-state index contributed by atoms with van der Waals surface area (Å²) in [6.45, 7) is 0.1000. The maximum Gasteiger partial charge on any atom is 0.262 e. The Morgan fingerprint density at radius 1 is 1.09 bits per heavy atom. The summed E-state index contributed by atoms with van der Waals surface area (Å²) in [4.78, 5) is 7.14. The Morgan fingerprint density at radius 3 is 2.86 bits per heavy atom. The number of fused-ring (bicyclic) bond motifs is 2. The van der Waals surface area contributed by atoms with Crippen molar-refractivity contribution in [2.75, 3.05) is 11.5 Å². The monoisotopic (exact) mass is 317 g/mol. The van der Waals surface area contributed by atoms with Crippen LogP contribution in [-0.2, 0) is 10.0 Å². The lowest BCUT2D eigenvalue weighted by molar-refractivity contribution is 0.174. The van der Waals surface area contributed by atoms with Gasteiger partial charge < -0.3 is 14.5 Å². The SMILES string of the molecule is O=S(=O)(Nc1ccc2nc[nH]c2c1)c1ccc2c(c1)OCO2. The maximum atomic E-state index is 12.4. The van der Waals surface area contributed by atoms with Crippen LogP contribution in [0.3, 0.4) is 0 Å². The van der Waals surface area contributed by atoms with Crippen LogP contribution in [0, 0.1) is 0 Å². The number of hydrogen-bond acceptors (Lipinski definition) is 5. The first-order chi connectivity index (χ1) is 10.6. The van der Waals surface area contributed by atoms with Crippen LogP contribution >= 0.6 is 0 Å². The quantitative estimate of drug-likeness (QED) is 0.771. The molecule has 2 aromatic carbocycles. The Bertz CT molecular complexity index is 965. The molecule has 0 spiro atoms. The van der Waals surface area contributed by atoms with Gasteiger partial charge in [-0.1, -0.05) is 0 Å². The first kappa shape index (κ1) is 13.0. The third-order valence-electron chi connectivity index (χ3n) is 3.33. The molecule has 22 heavy (non-hydrogen) atoms. The van der Waals surface area contributed by atoms with Crippen molar-refractivity contribution in [1.82, 2.24) is 9.97 Å². The molecule has 4 rings (SSSR count). The Labute approximate surface area is 125 Å². The highest BCUT2D eigenvalue weighted by molar-refractivity contribution is 7.92. The fourth-order valence-electron chi connectivity index (χ4n) is 2.26. The summed E-state index contributed by atoms with van der Waals surface area (Å²) in [7, 11) is -3.71. The highest BCUT2D eigenvalue weighted by Crippen LogP contribution is 2.34. The Hall–Kier alpha value is -2.74. The zero-order valence-corrected chi connectivity index (χ0v) is 12.1. The molecule has 112 valence electrons. The number of sulfonamides is 1. The Kier molecular flexibility index (Phi) is 2.73. The van der Waals surface area contributed by atoms with E-state index in [1.165, 1.54) is 12.1 Å². The fraction of sp³-hybridized carbons (Fsp3) is 0.0714. The zero-order valence-electron chi connectivity index (χ0n) is 11.2. The van der Waals surface area contributed by atoms with Crippen LogP contribution in [-0.4, -0.2) is 25.2 Å². The molecule has 0 fully saturated rings. The number of rotatable bonds is 3. The second kappa shape index (κ2) is 4.63. The molecule has 0 atom stereocenters. The number of ether oxygens (including phenoxy) is 2. The number of nitrogens with one attached hydrogen (secondary N) is 2. The van der Waals surface area contributed by atoms with Crippen LogP contribution in [0.25, 0.3) is 11.0 Å². The number of aromatic amines is 1. The number of nitrogens with zero attached hydrogens (tertiary/aromatic N) is 1. The summed E-state index contributed by atoms with van der Waals surface area (Å²) in [5, 5.41) is 0. The molecule has 1 aliphatic rings. The van der Waals surface area contributed by atoms with Gasteiger partial charge in [0.25, 0.3) is 10.0 Å². The maximum absolute atomic E-state index is 12.4. The average molecular weight is 317 g/mol. The van der Waals surface area contributed by atoms with Gasteiger partial charge in [-0.2, -0.15) is 0 Å². The van der Waals surface area contributed by atoms with Crippen molar-refractivity contribution < 1.29 is 17.9 Å². The number of H-pyrrole nitrogens is 1. The molecule has 2 heterocycles. The van der Waals surface area contributed by atoms with Crippen molar-refractivity contribution in [1.29, 1.82) is 0 Å². The molecule has 0 amide bonds. The molecule has 0 saturated carbocycles. The third kappa shape index (κ3) is 2.13. The van der Waals surface area contributed by atoms with E-state index in [1.54, 1.807) is 30.6 Å². The number of imidazole rings is 1. The summed E-state index contributed by atoms with van der Waals surface area (Å²) in [6.07, 6.45) is 1.56. The second-order valence-electron chi connectivity index (χ2n) is 4.76. The normalized spacial score (nSPS) is 13.5. The Morgan fingerprint density at radius 2 is 1.95 bits per heavy atom. The largest absolute Gasteiger partial charge is 0.454 e. The van der Waals surface area contributed by atoms with Gasteiger partial charge in [0.1, 0.15) is 0 Å². The number of benzene rings is 2. The lowest BCUT2D eigenvalue weighted by Gasteiger charge is -2.08. The van der Waals surface area contributed by atoms with Gasteiger partial charge in [-0.15, -0.1) is 0 Å². The minimum atomic E-state index is -3.71. The van der Waals surface area contributed by atoms with Crippen molar-refractivity contribution in [3.8, 4) is 11.5 Å². The Balaban J connectivity index is 1.68. The van der Waals surface area contributed by atoms with E-state index in [0.29, 0.717) is 17.2 Å². The van der Waals surface area contributed by atoms with Crippen molar-refractivity contribution in [2.45, 2.75) is 4.90 Å². The molecular formula is C14H11N3O4S. The number of hydrogen-bond donors (Lipinski definition) is 2. The van der Waals surface area contributed by atoms with Crippen LogP contribution in [0.1, 0.15) is 0 Å². The molecule has 1 aromatic heterocycles. The minimum absolute atomic E-state index is 0.1000. The topological polar surface area (TPSA) is 93.3 Å². The van der Waals surface area contributed by atoms with Crippen molar-refractivity contribution in [2.24, 2.45) is 0 Å². The van der Waals surface area contributed by atoms with Gasteiger partial charge in [0.15, 0.2) is 11.5 Å². The smallest absolute Gasteiger partial charge is 0.262 e. The summed E-state index contributed by atoms with van der Waals surface area (Å²) >= 11 is 0. The average Bonchev–Trinajstić information content (AvgIpc) is 3.14. The predicted molar refractivity (Wildman–Crippen MR) is 79.5 cm³/mol. The van der Waals surface area contributed by atoms with Gasteiger partial charge in [-0.25, -0.2) is 13.4 Å². The summed E-state index contributed by atoms with van der Waals surface area (Å²) in [6, 6.07) is 9.59. The standard InChI is InChI=1S/C14H11N3O4S/c18-22(19,10-2-4-13-14(6-10)21-8-20-13)17-9-1-3-11-12(5-9)16-7-15-11/h1-7,17H,8H2,(H,15,16). The lowest BCUT2D eigenvalue weighted by Crippen LogP contribution is -2.12. The highest BCUT2D eigenvalue weighted by atomic mass is 32.2. The zero-order chi connectivity index (χ0) is 15.2. The van der Waals surface area contributed by atoms with Crippen LogP contribution in [0.5, 0.6) is 11.5 Å². The molecule has 0 radical (unpaired) electrons. The molecule has 8 heteroatoms. The second-order valence-corrected chi connectivity index (χ2v) is 6.44. The van der Waals surface area contributed by atoms with Crippen LogP contribution in [0.2, 0.25) is 0 Å². The molecule has 2 N–H and O–H groups in total. The summed E-state index contributed by atoms with van der Waals surface area (Å²) in [5.41, 5.74) is 1.98. The molecule has 0 saturated heterocycles. The van der Waals surface area contributed by atoms with E-state index in [-0.39, 0.29) is 11.7 Å². The van der Waals surface area contributed by atoms with Crippen LogP contribution in [0.15, 0.2) is 47.6 Å².